The number of rotatable bonds is 6. The second kappa shape index (κ2) is 7.12. The van der Waals surface area contributed by atoms with Crippen molar-refractivity contribution in [2.24, 2.45) is 14.1 Å². The molecule has 0 aromatic carbocycles. The number of nitrogens with one attached hydrogen (secondary N) is 1. The zero-order valence-electron chi connectivity index (χ0n) is 15.3. The minimum atomic E-state index is -0.494. The second-order valence-corrected chi connectivity index (χ2v) is 6.38. The summed E-state index contributed by atoms with van der Waals surface area (Å²) in [5.41, 5.74) is 0.451. The average Bonchev–Trinajstić information content (AvgIpc) is 2.95. The number of pyridine rings is 1. The molecule has 3 heterocycles. The van der Waals surface area contributed by atoms with E-state index in [1.54, 1.807) is 30.9 Å². The molecule has 0 aliphatic rings. The highest BCUT2D eigenvalue weighted by Gasteiger charge is 2.16. The predicted molar refractivity (Wildman–Crippen MR) is 98.5 cm³/mol. The molecule has 3 aromatic heterocycles. The van der Waals surface area contributed by atoms with E-state index in [-0.39, 0.29) is 0 Å². The first-order valence-electron chi connectivity index (χ1n) is 8.28. The lowest BCUT2D eigenvalue weighted by Crippen LogP contribution is -2.29. The van der Waals surface area contributed by atoms with Gasteiger partial charge in [-0.25, -0.2) is 14.8 Å². The molecular weight excluding hydrogens is 336 g/mol. The van der Waals surface area contributed by atoms with Crippen molar-refractivity contribution in [2.75, 3.05) is 27.2 Å². The van der Waals surface area contributed by atoms with E-state index >= 15 is 0 Å². The van der Waals surface area contributed by atoms with Crippen molar-refractivity contribution in [2.45, 2.75) is 6.42 Å². The van der Waals surface area contributed by atoms with Gasteiger partial charge in [0.25, 0.3) is 5.56 Å². The Balaban J connectivity index is 1.87. The number of hydrogen-bond donors (Lipinski definition) is 1. The Morgan fingerprint density at radius 3 is 2.62 bits per heavy atom. The Hall–Kier alpha value is -2.94. The highest BCUT2D eigenvalue weighted by Crippen LogP contribution is 2.21. The molecule has 26 heavy (non-hydrogen) atoms. The van der Waals surface area contributed by atoms with E-state index in [1.165, 1.54) is 4.57 Å². The quantitative estimate of drug-likeness (QED) is 0.639. The number of hydrogen-bond acceptors (Lipinski definition) is 6. The van der Waals surface area contributed by atoms with Crippen molar-refractivity contribution in [1.29, 1.82) is 0 Å². The van der Waals surface area contributed by atoms with E-state index in [4.69, 9.17) is 4.74 Å². The van der Waals surface area contributed by atoms with Crippen LogP contribution in [0.25, 0.3) is 22.6 Å². The number of ether oxygens (including phenoxy) is 1. The lowest BCUT2D eigenvalue weighted by Gasteiger charge is -2.10. The molecule has 0 saturated carbocycles. The maximum absolute atomic E-state index is 12.1. The average molecular weight is 358 g/mol. The number of imidazole rings is 1. The molecular formula is C17H22N6O3. The Kier molecular flexibility index (Phi) is 4.90. The van der Waals surface area contributed by atoms with E-state index in [1.807, 2.05) is 20.2 Å². The zero-order chi connectivity index (χ0) is 18.8. The van der Waals surface area contributed by atoms with Gasteiger partial charge in [0.2, 0.25) is 5.88 Å². The summed E-state index contributed by atoms with van der Waals surface area (Å²) in [5.74, 6) is 1.09. The fourth-order valence-electron chi connectivity index (χ4n) is 2.72. The third kappa shape index (κ3) is 3.38. The van der Waals surface area contributed by atoms with Gasteiger partial charge < -0.3 is 14.2 Å². The molecule has 0 saturated heterocycles. The molecule has 0 fully saturated rings. The van der Waals surface area contributed by atoms with Crippen LogP contribution in [0.1, 0.15) is 6.42 Å². The third-order valence-corrected chi connectivity index (χ3v) is 4.13. The molecule has 9 nitrogen and oxygen atoms in total. The van der Waals surface area contributed by atoms with Crippen LogP contribution in [0.5, 0.6) is 5.88 Å². The van der Waals surface area contributed by atoms with Gasteiger partial charge in [0.05, 0.1) is 6.61 Å². The minimum Gasteiger partial charge on any atom is -0.478 e. The summed E-state index contributed by atoms with van der Waals surface area (Å²) in [6.07, 6.45) is 2.56. The van der Waals surface area contributed by atoms with Crippen LogP contribution in [0, 0.1) is 0 Å². The molecule has 0 unspecified atom stereocenters. The van der Waals surface area contributed by atoms with E-state index in [0.29, 0.717) is 29.5 Å². The fraction of sp³-hybridized carbons (Fsp3) is 0.412. The topological polar surface area (TPSA) is 98.0 Å². The van der Waals surface area contributed by atoms with E-state index in [2.05, 4.69) is 19.9 Å². The first-order chi connectivity index (χ1) is 12.4. The summed E-state index contributed by atoms with van der Waals surface area (Å²) in [7, 11) is 7.34. The lowest BCUT2D eigenvalue weighted by atomic mass is 10.2. The molecule has 3 rings (SSSR count). The summed E-state index contributed by atoms with van der Waals surface area (Å²) < 4.78 is 8.60. The van der Waals surface area contributed by atoms with Crippen LogP contribution in [0.15, 0.2) is 27.9 Å². The third-order valence-electron chi connectivity index (χ3n) is 4.13. The SMILES string of the molecule is CN(C)CCCOc1ccc(-c2nc3c(c(=O)[nH]c(=O)n3C)n2C)cn1. The van der Waals surface area contributed by atoms with Crippen molar-refractivity contribution in [1.82, 2.24) is 29.0 Å². The number of nitrogens with zero attached hydrogens (tertiary/aromatic N) is 5. The number of H-pyrrole nitrogens is 1. The van der Waals surface area contributed by atoms with Gasteiger partial charge in [-0.1, -0.05) is 0 Å². The highest BCUT2D eigenvalue weighted by molar-refractivity contribution is 5.76. The van der Waals surface area contributed by atoms with Crippen LogP contribution in [-0.4, -0.2) is 56.2 Å². The standard InChI is InChI=1S/C17H22N6O3/c1-21(2)8-5-9-26-12-7-6-11(10-18-12)14-19-15-13(22(14)3)16(24)20-17(25)23(15)4/h6-7,10H,5,8-9H2,1-4H3,(H,20,24,25). The Labute approximate surface area is 149 Å². The highest BCUT2D eigenvalue weighted by atomic mass is 16.5. The first-order valence-corrected chi connectivity index (χ1v) is 8.28. The summed E-state index contributed by atoms with van der Waals surface area (Å²) in [5, 5.41) is 0. The molecule has 1 N–H and O–H groups in total. The van der Waals surface area contributed by atoms with Crippen LogP contribution in [0.4, 0.5) is 0 Å². The molecule has 0 atom stereocenters. The maximum Gasteiger partial charge on any atom is 0.329 e. The van der Waals surface area contributed by atoms with Crippen LogP contribution in [0.3, 0.4) is 0 Å². The molecule has 9 heteroatoms. The number of aromatic amines is 1. The van der Waals surface area contributed by atoms with Crippen LogP contribution < -0.4 is 16.0 Å². The van der Waals surface area contributed by atoms with Gasteiger partial charge in [0, 0.05) is 38.5 Å². The molecule has 0 aliphatic heterocycles. The van der Waals surface area contributed by atoms with Gasteiger partial charge >= 0.3 is 5.69 Å². The molecule has 0 spiro atoms. The van der Waals surface area contributed by atoms with Crippen molar-refractivity contribution < 1.29 is 4.74 Å². The number of aromatic nitrogens is 5. The van der Waals surface area contributed by atoms with E-state index in [0.717, 1.165) is 18.5 Å². The first kappa shape index (κ1) is 17.9. The summed E-state index contributed by atoms with van der Waals surface area (Å²) >= 11 is 0. The number of aryl methyl sites for hydroxylation is 2. The summed E-state index contributed by atoms with van der Waals surface area (Å²) in [4.78, 5) is 37.0. The van der Waals surface area contributed by atoms with Gasteiger partial charge in [-0.3, -0.25) is 14.3 Å². The van der Waals surface area contributed by atoms with Gasteiger partial charge in [-0.15, -0.1) is 0 Å². The second-order valence-electron chi connectivity index (χ2n) is 6.38. The number of fused-ring (bicyclic) bond motifs is 1. The predicted octanol–water partition coefficient (Wildman–Crippen LogP) is 0.353. The Morgan fingerprint density at radius 1 is 1.19 bits per heavy atom. The Morgan fingerprint density at radius 2 is 1.96 bits per heavy atom. The largest absolute Gasteiger partial charge is 0.478 e. The van der Waals surface area contributed by atoms with Crippen molar-refractivity contribution in [3.63, 3.8) is 0 Å². The monoisotopic (exact) mass is 358 g/mol. The lowest BCUT2D eigenvalue weighted by molar-refractivity contribution is 0.273. The van der Waals surface area contributed by atoms with Crippen molar-refractivity contribution in [3.8, 4) is 17.3 Å². The van der Waals surface area contributed by atoms with E-state index in [9.17, 15) is 9.59 Å². The van der Waals surface area contributed by atoms with Crippen LogP contribution in [-0.2, 0) is 14.1 Å². The Bertz CT molecular complexity index is 1030. The van der Waals surface area contributed by atoms with Gasteiger partial charge in [0.15, 0.2) is 11.2 Å². The van der Waals surface area contributed by atoms with Gasteiger partial charge in [-0.05, 0) is 26.6 Å². The summed E-state index contributed by atoms with van der Waals surface area (Å²) in [6, 6.07) is 3.61. The van der Waals surface area contributed by atoms with Crippen molar-refractivity contribution in [3.05, 3.63) is 39.2 Å². The van der Waals surface area contributed by atoms with E-state index < -0.39 is 11.2 Å². The van der Waals surface area contributed by atoms with Crippen LogP contribution in [0.2, 0.25) is 0 Å². The molecule has 3 aromatic rings. The molecule has 138 valence electrons. The minimum absolute atomic E-state index is 0.334. The summed E-state index contributed by atoms with van der Waals surface area (Å²) in [6.45, 7) is 1.54. The van der Waals surface area contributed by atoms with Crippen LogP contribution >= 0.6 is 0 Å². The van der Waals surface area contributed by atoms with Crippen molar-refractivity contribution >= 4 is 11.2 Å². The molecule has 0 bridgehead atoms. The van der Waals surface area contributed by atoms with Gasteiger partial charge in [0.1, 0.15) is 5.82 Å². The normalized spacial score (nSPS) is 11.4. The molecule has 0 radical (unpaired) electrons. The fourth-order valence-corrected chi connectivity index (χ4v) is 2.72. The molecule has 0 aliphatic carbocycles. The smallest absolute Gasteiger partial charge is 0.329 e. The molecule has 0 amide bonds. The van der Waals surface area contributed by atoms with Gasteiger partial charge in [-0.2, -0.15) is 0 Å². The zero-order valence-corrected chi connectivity index (χ0v) is 15.3. The maximum atomic E-state index is 12.1.